The van der Waals surface area contributed by atoms with E-state index in [-0.39, 0.29) is 0 Å². The number of aliphatic hydroxyl groups excluding tert-OH is 4. The molecule has 182 valence electrons. The van der Waals surface area contributed by atoms with Gasteiger partial charge in [-0.05, 0) is 19.0 Å². The highest BCUT2D eigenvalue weighted by Crippen LogP contribution is 2.13. The van der Waals surface area contributed by atoms with Gasteiger partial charge < -0.3 is 30.8 Å². The summed E-state index contributed by atoms with van der Waals surface area (Å²) in [5.41, 5.74) is 0. The number of amides is 1. The summed E-state index contributed by atoms with van der Waals surface area (Å²) in [6.07, 6.45) is 11.7. The largest absolute Gasteiger partial charge is 0.479 e. The Morgan fingerprint density at radius 1 is 0.710 bits per heavy atom. The van der Waals surface area contributed by atoms with Gasteiger partial charge in [-0.25, -0.2) is 4.79 Å². The molecule has 0 saturated carbocycles. The third kappa shape index (κ3) is 15.0. The Morgan fingerprint density at radius 2 is 1.13 bits per heavy atom. The van der Waals surface area contributed by atoms with Gasteiger partial charge in [-0.1, -0.05) is 90.0 Å². The fourth-order valence-corrected chi connectivity index (χ4v) is 3.26. The van der Waals surface area contributed by atoms with Crippen LogP contribution in [-0.2, 0) is 9.59 Å². The van der Waals surface area contributed by atoms with Crippen LogP contribution in [0.3, 0.4) is 0 Å². The Balaban J connectivity index is 3.67. The molecule has 4 atom stereocenters. The third-order valence-electron chi connectivity index (χ3n) is 5.34. The molecule has 6 N–H and O–H groups in total. The minimum atomic E-state index is -2.30. The summed E-state index contributed by atoms with van der Waals surface area (Å²) >= 11 is 0. The summed E-state index contributed by atoms with van der Waals surface area (Å²) in [6.45, 7) is 2.24. The SMILES string of the molecule is CCCCCCCCCCCCCCC/C=C/NC(=O)[C@@H](O)[C@H](O)[C@@H](O)[C@@H](O)C(=O)O. The highest BCUT2D eigenvalue weighted by molar-refractivity contribution is 5.82. The molecule has 31 heavy (non-hydrogen) atoms. The van der Waals surface area contributed by atoms with Crippen LogP contribution in [0.1, 0.15) is 96.8 Å². The number of aliphatic carboxylic acids is 1. The van der Waals surface area contributed by atoms with E-state index in [1.165, 1.54) is 76.8 Å². The Hall–Kier alpha value is -1.48. The van der Waals surface area contributed by atoms with Gasteiger partial charge in [0.15, 0.2) is 12.2 Å². The maximum atomic E-state index is 11.7. The maximum absolute atomic E-state index is 11.7. The molecule has 0 saturated heterocycles. The number of carboxylic acid groups (broad SMARTS) is 1. The molecule has 0 bridgehead atoms. The van der Waals surface area contributed by atoms with Crippen LogP contribution >= 0.6 is 0 Å². The summed E-state index contributed by atoms with van der Waals surface area (Å²) < 4.78 is 0. The molecule has 1 amide bonds. The lowest BCUT2D eigenvalue weighted by Gasteiger charge is -2.23. The van der Waals surface area contributed by atoms with E-state index in [1.54, 1.807) is 6.08 Å². The van der Waals surface area contributed by atoms with Crippen LogP contribution in [0.5, 0.6) is 0 Å². The molecule has 0 aromatic rings. The summed E-state index contributed by atoms with van der Waals surface area (Å²) in [5, 5.41) is 48.7. The molecule has 0 heterocycles. The number of carbonyl (C=O) groups is 2. The number of allylic oxidation sites excluding steroid dienone is 1. The molecule has 0 aliphatic carbocycles. The summed E-state index contributed by atoms with van der Waals surface area (Å²) in [5.74, 6) is -2.76. The monoisotopic (exact) mass is 445 g/mol. The van der Waals surface area contributed by atoms with E-state index in [1.807, 2.05) is 0 Å². The zero-order valence-electron chi connectivity index (χ0n) is 18.9. The first-order valence-electron chi connectivity index (χ1n) is 11.7. The average Bonchev–Trinajstić information content (AvgIpc) is 2.76. The van der Waals surface area contributed by atoms with Crippen LogP contribution in [0.25, 0.3) is 0 Å². The van der Waals surface area contributed by atoms with Crippen molar-refractivity contribution in [2.24, 2.45) is 0 Å². The maximum Gasteiger partial charge on any atom is 0.335 e. The molecule has 0 fully saturated rings. The quantitative estimate of drug-likeness (QED) is 0.158. The molecule has 0 aromatic heterocycles. The van der Waals surface area contributed by atoms with E-state index in [0.717, 1.165) is 19.3 Å². The fraction of sp³-hybridized carbons (Fsp3) is 0.826. The number of carbonyl (C=O) groups excluding carboxylic acids is 1. The van der Waals surface area contributed by atoms with E-state index in [2.05, 4.69) is 12.2 Å². The van der Waals surface area contributed by atoms with Gasteiger partial charge in [0.25, 0.3) is 5.91 Å². The van der Waals surface area contributed by atoms with Gasteiger partial charge in [-0.15, -0.1) is 0 Å². The molecular formula is C23H43NO7. The summed E-state index contributed by atoms with van der Waals surface area (Å²) in [6, 6.07) is 0. The Morgan fingerprint density at radius 3 is 1.58 bits per heavy atom. The smallest absolute Gasteiger partial charge is 0.335 e. The van der Waals surface area contributed by atoms with Crippen molar-refractivity contribution in [3.63, 3.8) is 0 Å². The molecule has 0 aliphatic heterocycles. The molecule has 0 rings (SSSR count). The van der Waals surface area contributed by atoms with Crippen LogP contribution in [0.4, 0.5) is 0 Å². The molecule has 0 radical (unpaired) electrons. The van der Waals surface area contributed by atoms with Gasteiger partial charge in [0.2, 0.25) is 0 Å². The normalized spacial score (nSPS) is 15.5. The first-order valence-corrected chi connectivity index (χ1v) is 11.7. The second-order valence-corrected chi connectivity index (χ2v) is 8.15. The van der Waals surface area contributed by atoms with Gasteiger partial charge in [-0.2, -0.15) is 0 Å². The molecule has 0 aliphatic rings. The molecule has 0 unspecified atom stereocenters. The fourth-order valence-electron chi connectivity index (χ4n) is 3.26. The van der Waals surface area contributed by atoms with E-state index in [4.69, 9.17) is 10.2 Å². The van der Waals surface area contributed by atoms with Crippen LogP contribution in [0.2, 0.25) is 0 Å². The van der Waals surface area contributed by atoms with Gasteiger partial charge in [-0.3, -0.25) is 4.79 Å². The third-order valence-corrected chi connectivity index (χ3v) is 5.34. The van der Waals surface area contributed by atoms with E-state index in [0.29, 0.717) is 0 Å². The summed E-state index contributed by atoms with van der Waals surface area (Å²) in [4.78, 5) is 22.3. The Kier molecular flexibility index (Phi) is 18.3. The van der Waals surface area contributed by atoms with E-state index < -0.39 is 36.3 Å². The summed E-state index contributed by atoms with van der Waals surface area (Å²) in [7, 11) is 0. The first-order chi connectivity index (χ1) is 14.8. The standard InChI is InChI=1S/C23H43NO7/c1-2-3-4-5-6-7-8-9-10-11-12-13-14-15-16-17-24-22(29)20(27)18(25)19(26)21(28)23(30)31/h16-21,25-28H,2-15H2,1H3,(H,24,29)(H,30,31)/b17-16+/t18-,19-,20+,21-/m1/s1. The van der Waals surface area contributed by atoms with Gasteiger partial charge in [0.05, 0.1) is 0 Å². The molecule has 8 heteroatoms. The Labute approximate surface area is 186 Å². The first kappa shape index (κ1) is 29.5. The van der Waals surface area contributed by atoms with Gasteiger partial charge >= 0.3 is 5.97 Å². The lowest BCUT2D eigenvalue weighted by Crippen LogP contribution is -2.52. The zero-order chi connectivity index (χ0) is 23.5. The number of hydrogen-bond donors (Lipinski definition) is 6. The highest BCUT2D eigenvalue weighted by atomic mass is 16.4. The Bertz CT molecular complexity index is 498. The number of aliphatic hydroxyl groups is 4. The van der Waals surface area contributed by atoms with Crippen molar-refractivity contribution in [2.75, 3.05) is 0 Å². The van der Waals surface area contributed by atoms with E-state index in [9.17, 15) is 24.9 Å². The van der Waals surface area contributed by atoms with Gasteiger partial charge in [0.1, 0.15) is 12.2 Å². The van der Waals surface area contributed by atoms with Gasteiger partial charge in [0, 0.05) is 0 Å². The second kappa shape index (κ2) is 19.2. The number of nitrogens with one attached hydrogen (secondary N) is 1. The van der Waals surface area contributed by atoms with Crippen molar-refractivity contribution in [1.82, 2.24) is 5.32 Å². The minimum Gasteiger partial charge on any atom is -0.479 e. The lowest BCUT2D eigenvalue weighted by atomic mass is 10.0. The molecule has 0 spiro atoms. The predicted molar refractivity (Wildman–Crippen MR) is 119 cm³/mol. The number of unbranched alkanes of at least 4 members (excludes halogenated alkanes) is 13. The number of hydrogen-bond acceptors (Lipinski definition) is 6. The molecule has 0 aromatic carbocycles. The van der Waals surface area contributed by atoms with Crippen LogP contribution < -0.4 is 5.32 Å². The highest BCUT2D eigenvalue weighted by Gasteiger charge is 2.37. The topological polar surface area (TPSA) is 147 Å². The van der Waals surface area contributed by atoms with Crippen molar-refractivity contribution in [2.45, 2.75) is 121 Å². The van der Waals surface area contributed by atoms with Crippen LogP contribution in [-0.4, -0.2) is 61.8 Å². The zero-order valence-corrected chi connectivity index (χ0v) is 18.9. The molecule has 8 nitrogen and oxygen atoms in total. The van der Waals surface area contributed by atoms with Crippen LogP contribution in [0, 0.1) is 0 Å². The van der Waals surface area contributed by atoms with Crippen LogP contribution in [0.15, 0.2) is 12.3 Å². The number of carboxylic acids is 1. The van der Waals surface area contributed by atoms with Crippen molar-refractivity contribution < 1.29 is 35.1 Å². The predicted octanol–water partition coefficient (Wildman–Crippen LogP) is 2.63. The second-order valence-electron chi connectivity index (χ2n) is 8.15. The average molecular weight is 446 g/mol. The van der Waals surface area contributed by atoms with E-state index >= 15 is 0 Å². The van der Waals surface area contributed by atoms with Crippen molar-refractivity contribution in [3.05, 3.63) is 12.3 Å². The molecular weight excluding hydrogens is 402 g/mol. The lowest BCUT2D eigenvalue weighted by molar-refractivity contribution is -0.166. The van der Waals surface area contributed by atoms with Crippen molar-refractivity contribution >= 4 is 11.9 Å². The number of rotatable bonds is 20. The van der Waals surface area contributed by atoms with Crippen molar-refractivity contribution in [1.29, 1.82) is 0 Å². The minimum absolute atomic E-state index is 0.761. The van der Waals surface area contributed by atoms with Crippen molar-refractivity contribution in [3.8, 4) is 0 Å².